The maximum atomic E-state index is 12.5. The van der Waals surface area contributed by atoms with E-state index in [2.05, 4.69) is 27.9 Å². The lowest BCUT2D eigenvalue weighted by Gasteiger charge is -2.12. The number of ether oxygens (including phenoxy) is 1. The van der Waals surface area contributed by atoms with Gasteiger partial charge in [-0.25, -0.2) is 0 Å². The van der Waals surface area contributed by atoms with E-state index in [4.69, 9.17) is 4.74 Å². The second kappa shape index (κ2) is 8.57. The van der Waals surface area contributed by atoms with Crippen LogP contribution in [0.25, 0.3) is 6.08 Å². The van der Waals surface area contributed by atoms with Crippen LogP contribution in [0.5, 0.6) is 5.75 Å². The first-order valence-electron chi connectivity index (χ1n) is 7.92. The molecule has 0 unspecified atom stereocenters. The van der Waals surface area contributed by atoms with Crippen molar-refractivity contribution in [3.63, 3.8) is 0 Å². The Kier molecular flexibility index (Phi) is 6.17. The Labute approximate surface area is 174 Å². The third kappa shape index (κ3) is 4.69. The van der Waals surface area contributed by atoms with Crippen LogP contribution in [0.15, 0.2) is 53.4 Å². The Morgan fingerprint density at radius 3 is 2.56 bits per heavy atom. The van der Waals surface area contributed by atoms with Gasteiger partial charge in [-0.2, -0.15) is 0 Å². The van der Waals surface area contributed by atoms with Gasteiger partial charge in [0.1, 0.15) is 12.3 Å². The number of benzene rings is 2. The molecule has 27 heavy (non-hydrogen) atoms. The molecule has 1 N–H and O–H groups in total. The molecule has 2 aromatic rings. The van der Waals surface area contributed by atoms with Gasteiger partial charge in [0.05, 0.1) is 12.0 Å². The van der Waals surface area contributed by atoms with Crippen molar-refractivity contribution in [1.82, 2.24) is 4.90 Å². The normalized spacial score (nSPS) is 15.3. The Morgan fingerprint density at radius 1 is 1.19 bits per heavy atom. The maximum Gasteiger partial charge on any atom is 0.294 e. The van der Waals surface area contributed by atoms with E-state index in [1.54, 1.807) is 37.5 Å². The quantitative estimate of drug-likeness (QED) is 0.503. The van der Waals surface area contributed by atoms with Gasteiger partial charge in [0.25, 0.3) is 11.1 Å². The van der Waals surface area contributed by atoms with Crippen LogP contribution in [0.2, 0.25) is 0 Å². The first-order valence-corrected chi connectivity index (χ1v) is 9.81. The predicted octanol–water partition coefficient (Wildman–Crippen LogP) is 3.97. The molecule has 3 rings (SSSR count). The molecule has 3 amide bonds. The van der Waals surface area contributed by atoms with Crippen molar-refractivity contribution in [3.05, 3.63) is 62.6 Å². The second-order valence-electron chi connectivity index (χ2n) is 5.57. The molecule has 8 heteroatoms. The van der Waals surface area contributed by atoms with Crippen LogP contribution in [-0.2, 0) is 9.59 Å². The number of hydrogen-bond donors (Lipinski definition) is 1. The number of amides is 3. The van der Waals surface area contributed by atoms with Crippen LogP contribution in [0.3, 0.4) is 0 Å². The van der Waals surface area contributed by atoms with Gasteiger partial charge in [-0.3, -0.25) is 19.3 Å². The third-order valence-corrected chi connectivity index (χ3v) is 5.63. The highest BCUT2D eigenvalue weighted by molar-refractivity contribution is 14.1. The van der Waals surface area contributed by atoms with Gasteiger partial charge < -0.3 is 10.1 Å². The Morgan fingerprint density at radius 2 is 1.89 bits per heavy atom. The molecule has 0 atom stereocenters. The molecule has 1 aliphatic heterocycles. The highest BCUT2D eigenvalue weighted by Crippen LogP contribution is 2.32. The van der Waals surface area contributed by atoms with Crippen molar-refractivity contribution < 1.29 is 19.1 Å². The summed E-state index contributed by atoms with van der Waals surface area (Å²) in [7, 11) is 1.55. The summed E-state index contributed by atoms with van der Waals surface area (Å²) in [5.41, 5.74) is 1.41. The van der Waals surface area contributed by atoms with E-state index in [1.165, 1.54) is 0 Å². The molecule has 138 valence electrons. The molecule has 1 fully saturated rings. The van der Waals surface area contributed by atoms with Gasteiger partial charge in [0, 0.05) is 9.26 Å². The number of thioether (sulfide) groups is 1. The molecule has 0 spiro atoms. The first-order chi connectivity index (χ1) is 13.0. The highest BCUT2D eigenvalue weighted by atomic mass is 127. The van der Waals surface area contributed by atoms with E-state index < -0.39 is 17.1 Å². The molecule has 0 aromatic heterocycles. The Hall–Kier alpha value is -2.33. The molecule has 0 saturated carbocycles. The molecule has 0 aliphatic carbocycles. The molecule has 1 aliphatic rings. The highest BCUT2D eigenvalue weighted by Gasteiger charge is 2.36. The third-order valence-electron chi connectivity index (χ3n) is 3.74. The van der Waals surface area contributed by atoms with Crippen LogP contribution >= 0.6 is 34.4 Å². The predicted molar refractivity (Wildman–Crippen MR) is 113 cm³/mol. The van der Waals surface area contributed by atoms with E-state index in [0.29, 0.717) is 16.3 Å². The van der Waals surface area contributed by atoms with Crippen molar-refractivity contribution in [3.8, 4) is 5.75 Å². The van der Waals surface area contributed by atoms with Crippen LogP contribution < -0.4 is 10.1 Å². The van der Waals surface area contributed by atoms with Crippen molar-refractivity contribution in [1.29, 1.82) is 0 Å². The Balaban J connectivity index is 1.68. The largest absolute Gasteiger partial charge is 0.497 e. The average molecular weight is 494 g/mol. The van der Waals surface area contributed by atoms with Crippen molar-refractivity contribution in [2.45, 2.75) is 0 Å². The standard InChI is InChI=1S/C19H15IN2O4S/c1-26-14-8-6-13(7-9-14)21-17(23)11-22-18(24)16(27-19(22)25)10-12-4-2-3-5-15(12)20/h2-10H,11H2,1H3,(H,21,23)/b16-10-. The van der Waals surface area contributed by atoms with Crippen molar-refractivity contribution in [2.75, 3.05) is 19.0 Å². The number of imide groups is 1. The first kappa shape index (κ1) is 19.4. The lowest BCUT2D eigenvalue weighted by atomic mass is 10.2. The molecule has 1 heterocycles. The lowest BCUT2D eigenvalue weighted by Crippen LogP contribution is -2.36. The minimum atomic E-state index is -0.463. The second-order valence-corrected chi connectivity index (χ2v) is 7.72. The van der Waals surface area contributed by atoms with Gasteiger partial charge >= 0.3 is 0 Å². The summed E-state index contributed by atoms with van der Waals surface area (Å²) in [5.74, 6) is -0.243. The fourth-order valence-electron chi connectivity index (χ4n) is 2.39. The molecule has 1 saturated heterocycles. The van der Waals surface area contributed by atoms with Crippen LogP contribution in [-0.4, -0.2) is 35.6 Å². The fraction of sp³-hybridized carbons (Fsp3) is 0.105. The van der Waals surface area contributed by atoms with E-state index in [9.17, 15) is 14.4 Å². The number of halogens is 1. The average Bonchev–Trinajstić information content (AvgIpc) is 2.91. The summed E-state index contributed by atoms with van der Waals surface area (Å²) >= 11 is 3.00. The molecule has 0 bridgehead atoms. The van der Waals surface area contributed by atoms with Gasteiger partial charge in [-0.15, -0.1) is 0 Å². The summed E-state index contributed by atoms with van der Waals surface area (Å²) in [6.07, 6.45) is 1.67. The summed E-state index contributed by atoms with van der Waals surface area (Å²) in [6.45, 7) is -0.333. The van der Waals surface area contributed by atoms with E-state index in [1.807, 2.05) is 24.3 Å². The van der Waals surface area contributed by atoms with Crippen LogP contribution in [0.1, 0.15) is 5.56 Å². The van der Waals surface area contributed by atoms with Gasteiger partial charge in [-0.1, -0.05) is 18.2 Å². The van der Waals surface area contributed by atoms with Crippen molar-refractivity contribution in [2.24, 2.45) is 0 Å². The maximum absolute atomic E-state index is 12.5. The van der Waals surface area contributed by atoms with Gasteiger partial charge in [0.15, 0.2) is 0 Å². The Bertz CT molecular complexity index is 928. The van der Waals surface area contributed by atoms with Gasteiger partial charge in [0.2, 0.25) is 5.91 Å². The lowest BCUT2D eigenvalue weighted by molar-refractivity contribution is -0.127. The summed E-state index contributed by atoms with van der Waals surface area (Å²) in [6, 6.07) is 14.3. The zero-order chi connectivity index (χ0) is 19.4. The number of rotatable bonds is 5. The zero-order valence-electron chi connectivity index (χ0n) is 14.3. The number of methoxy groups -OCH3 is 1. The van der Waals surface area contributed by atoms with Crippen LogP contribution in [0.4, 0.5) is 10.5 Å². The summed E-state index contributed by atoms with van der Waals surface area (Å²) in [5, 5.41) is 2.21. The topological polar surface area (TPSA) is 75.7 Å². The molecular weight excluding hydrogens is 479 g/mol. The number of nitrogens with one attached hydrogen (secondary N) is 1. The zero-order valence-corrected chi connectivity index (χ0v) is 17.2. The molecule has 0 radical (unpaired) electrons. The number of carbonyl (C=O) groups excluding carboxylic acids is 3. The minimum Gasteiger partial charge on any atom is -0.497 e. The minimum absolute atomic E-state index is 0.307. The molecule has 6 nitrogen and oxygen atoms in total. The SMILES string of the molecule is COc1ccc(NC(=O)CN2C(=O)S/C(=C\c3ccccc3I)C2=O)cc1. The van der Waals surface area contributed by atoms with E-state index >= 15 is 0 Å². The van der Waals surface area contributed by atoms with Crippen molar-refractivity contribution >= 4 is 63.2 Å². The van der Waals surface area contributed by atoms with E-state index in [-0.39, 0.29) is 6.54 Å². The van der Waals surface area contributed by atoms with Crippen LogP contribution in [0, 0.1) is 3.57 Å². The fourth-order valence-corrected chi connectivity index (χ4v) is 3.76. The number of hydrogen-bond acceptors (Lipinski definition) is 5. The number of nitrogens with zero attached hydrogens (tertiary/aromatic N) is 1. The van der Waals surface area contributed by atoms with E-state index in [0.717, 1.165) is 25.8 Å². The smallest absolute Gasteiger partial charge is 0.294 e. The summed E-state index contributed by atoms with van der Waals surface area (Å²) in [4.78, 5) is 38.2. The molecule has 2 aromatic carbocycles. The number of anilines is 1. The summed E-state index contributed by atoms with van der Waals surface area (Å²) < 4.78 is 6.03. The molecular formula is C19H15IN2O4S. The van der Waals surface area contributed by atoms with Gasteiger partial charge in [-0.05, 0) is 76.3 Å². The number of carbonyl (C=O) groups is 3. The monoisotopic (exact) mass is 494 g/mol.